The lowest BCUT2D eigenvalue weighted by atomic mass is 10.1. The van der Waals surface area contributed by atoms with Crippen LogP contribution in [0.2, 0.25) is 0 Å². The third-order valence-electron chi connectivity index (χ3n) is 4.29. The molecule has 7 nitrogen and oxygen atoms in total. The van der Waals surface area contributed by atoms with Gasteiger partial charge < -0.3 is 10.4 Å². The predicted molar refractivity (Wildman–Crippen MR) is 107 cm³/mol. The van der Waals surface area contributed by atoms with Crippen LogP contribution in [0.3, 0.4) is 0 Å². The van der Waals surface area contributed by atoms with Crippen molar-refractivity contribution < 1.29 is 14.8 Å². The minimum atomic E-state index is -0.968. The molecule has 3 aromatic rings. The summed E-state index contributed by atoms with van der Waals surface area (Å²) in [7, 11) is 0. The average Bonchev–Trinajstić information content (AvgIpc) is 3.22. The normalized spacial score (nSPS) is 11.8. The Morgan fingerprint density at radius 3 is 2.50 bits per heavy atom. The number of benzene rings is 2. The number of aliphatic hydroxyl groups is 1. The molecule has 0 spiro atoms. The van der Waals surface area contributed by atoms with Crippen LogP contribution in [0.4, 0.5) is 5.69 Å². The van der Waals surface area contributed by atoms with Crippen molar-refractivity contribution in [2.75, 3.05) is 6.54 Å². The van der Waals surface area contributed by atoms with Crippen LogP contribution < -0.4 is 5.32 Å². The third kappa shape index (κ3) is 4.59. The van der Waals surface area contributed by atoms with Crippen molar-refractivity contribution in [3.05, 3.63) is 80.8 Å². The number of aliphatic hydroxyl groups excluding tert-OH is 1. The highest BCUT2D eigenvalue weighted by Crippen LogP contribution is 2.24. The fourth-order valence-electron chi connectivity index (χ4n) is 2.61. The number of aromatic nitrogens is 1. The minimum absolute atomic E-state index is 0.0191. The molecule has 1 atom stereocenters. The number of amides is 1. The molecular formula is C20H19N3O4S. The maximum Gasteiger partial charge on any atom is 0.270 e. The first kappa shape index (κ1) is 19.7. The van der Waals surface area contributed by atoms with E-state index in [1.165, 1.54) is 41.2 Å². The summed E-state index contributed by atoms with van der Waals surface area (Å²) in [5, 5.41) is 25.9. The Hall–Kier alpha value is -3.10. The number of non-ortho nitro benzene ring substituents is 1. The third-order valence-corrected chi connectivity index (χ3v) is 5.18. The van der Waals surface area contributed by atoms with Crippen LogP contribution in [0.15, 0.2) is 53.9 Å². The van der Waals surface area contributed by atoms with Crippen LogP contribution in [0.25, 0.3) is 10.6 Å². The van der Waals surface area contributed by atoms with E-state index in [9.17, 15) is 20.0 Å². The Morgan fingerprint density at radius 2 is 1.89 bits per heavy atom. The van der Waals surface area contributed by atoms with Gasteiger partial charge in [-0.15, -0.1) is 11.3 Å². The molecule has 0 aliphatic heterocycles. The highest BCUT2D eigenvalue weighted by atomic mass is 32.1. The van der Waals surface area contributed by atoms with Crippen molar-refractivity contribution in [1.82, 2.24) is 10.3 Å². The molecule has 144 valence electrons. The standard InChI is InChI=1S/C20H19N3O4S/c1-2-13-3-5-15(6-4-13)20-22-17(12-28-20)19(25)21-11-18(24)14-7-9-16(10-8-14)23(26)27/h3-10,12,18,24H,2,11H2,1H3,(H,21,25). The Morgan fingerprint density at radius 1 is 1.21 bits per heavy atom. The lowest BCUT2D eigenvalue weighted by Gasteiger charge is -2.11. The molecule has 1 unspecified atom stereocenters. The molecular weight excluding hydrogens is 378 g/mol. The van der Waals surface area contributed by atoms with Gasteiger partial charge in [-0.3, -0.25) is 14.9 Å². The zero-order valence-corrected chi connectivity index (χ0v) is 16.0. The molecule has 2 aromatic carbocycles. The lowest BCUT2D eigenvalue weighted by Crippen LogP contribution is -2.28. The van der Waals surface area contributed by atoms with E-state index in [2.05, 4.69) is 17.2 Å². The number of carbonyl (C=O) groups excluding carboxylic acids is 1. The molecule has 28 heavy (non-hydrogen) atoms. The maximum absolute atomic E-state index is 12.3. The van der Waals surface area contributed by atoms with Gasteiger partial charge in [0, 0.05) is 29.6 Å². The molecule has 0 saturated carbocycles. The summed E-state index contributed by atoms with van der Waals surface area (Å²) < 4.78 is 0. The zero-order valence-electron chi connectivity index (χ0n) is 15.2. The van der Waals surface area contributed by atoms with E-state index in [1.807, 2.05) is 24.3 Å². The monoisotopic (exact) mass is 397 g/mol. The van der Waals surface area contributed by atoms with Crippen LogP contribution in [0.5, 0.6) is 0 Å². The largest absolute Gasteiger partial charge is 0.387 e. The van der Waals surface area contributed by atoms with E-state index in [1.54, 1.807) is 5.38 Å². The van der Waals surface area contributed by atoms with Gasteiger partial charge in [0.25, 0.3) is 11.6 Å². The van der Waals surface area contributed by atoms with Crippen LogP contribution >= 0.6 is 11.3 Å². The summed E-state index contributed by atoms with van der Waals surface area (Å²) in [4.78, 5) is 26.8. The molecule has 0 radical (unpaired) electrons. The number of aryl methyl sites for hydroxylation is 1. The molecule has 0 bridgehead atoms. The summed E-state index contributed by atoms with van der Waals surface area (Å²) in [6.07, 6.45) is -0.00690. The second-order valence-corrected chi connectivity index (χ2v) is 7.02. The molecule has 0 saturated heterocycles. The van der Waals surface area contributed by atoms with Gasteiger partial charge in [0.05, 0.1) is 11.0 Å². The SMILES string of the molecule is CCc1ccc(-c2nc(C(=O)NCC(O)c3ccc([N+](=O)[O-])cc3)cs2)cc1. The summed E-state index contributed by atoms with van der Waals surface area (Å²) in [5.74, 6) is -0.381. The molecule has 1 heterocycles. The fourth-order valence-corrected chi connectivity index (χ4v) is 3.42. The number of nitro benzene ring substituents is 1. The second-order valence-electron chi connectivity index (χ2n) is 6.16. The number of nitrogens with one attached hydrogen (secondary N) is 1. The van der Waals surface area contributed by atoms with Gasteiger partial charge >= 0.3 is 0 Å². The lowest BCUT2D eigenvalue weighted by molar-refractivity contribution is -0.384. The highest BCUT2D eigenvalue weighted by Gasteiger charge is 2.15. The summed E-state index contributed by atoms with van der Waals surface area (Å²) in [5.41, 5.74) is 2.91. The van der Waals surface area contributed by atoms with Gasteiger partial charge in [0.2, 0.25) is 0 Å². The predicted octanol–water partition coefficient (Wildman–Crippen LogP) is 3.74. The number of hydrogen-bond acceptors (Lipinski definition) is 6. The van der Waals surface area contributed by atoms with Crippen LogP contribution in [0, 0.1) is 10.1 Å². The van der Waals surface area contributed by atoms with Crippen LogP contribution in [0.1, 0.15) is 34.6 Å². The molecule has 1 aromatic heterocycles. The molecule has 1 amide bonds. The summed E-state index contributed by atoms with van der Waals surface area (Å²) in [6.45, 7) is 2.07. The van der Waals surface area contributed by atoms with E-state index >= 15 is 0 Å². The molecule has 2 N–H and O–H groups in total. The molecule has 8 heteroatoms. The molecule has 3 rings (SSSR count). The van der Waals surface area contributed by atoms with Crippen molar-refractivity contribution >= 4 is 22.9 Å². The number of nitro groups is 1. The fraction of sp³-hybridized carbons (Fsp3) is 0.200. The van der Waals surface area contributed by atoms with Crippen molar-refractivity contribution in [3.63, 3.8) is 0 Å². The highest BCUT2D eigenvalue weighted by molar-refractivity contribution is 7.13. The topological polar surface area (TPSA) is 105 Å². The Kier molecular flexibility index (Phi) is 6.13. The summed E-state index contributed by atoms with van der Waals surface area (Å²) in [6, 6.07) is 13.6. The van der Waals surface area contributed by atoms with Crippen molar-refractivity contribution in [2.45, 2.75) is 19.4 Å². The number of nitrogens with zero attached hydrogens (tertiary/aromatic N) is 2. The van der Waals surface area contributed by atoms with Gasteiger partial charge in [-0.05, 0) is 29.7 Å². The van der Waals surface area contributed by atoms with Gasteiger partial charge in [-0.25, -0.2) is 4.98 Å². The Labute approximate surface area is 165 Å². The number of rotatable bonds is 7. The molecule has 0 aliphatic carbocycles. The van der Waals surface area contributed by atoms with Crippen molar-refractivity contribution in [3.8, 4) is 10.6 Å². The van der Waals surface area contributed by atoms with Crippen LogP contribution in [-0.2, 0) is 6.42 Å². The first-order valence-corrected chi connectivity index (χ1v) is 9.61. The van der Waals surface area contributed by atoms with E-state index in [-0.39, 0.29) is 23.8 Å². The second kappa shape index (κ2) is 8.73. The number of thiazole rings is 1. The summed E-state index contributed by atoms with van der Waals surface area (Å²) >= 11 is 1.38. The number of carbonyl (C=O) groups is 1. The molecule has 0 fully saturated rings. The van der Waals surface area contributed by atoms with Crippen molar-refractivity contribution in [1.29, 1.82) is 0 Å². The Balaban J connectivity index is 1.60. The van der Waals surface area contributed by atoms with Gasteiger partial charge in [0.15, 0.2) is 0 Å². The zero-order chi connectivity index (χ0) is 20.1. The maximum atomic E-state index is 12.3. The van der Waals surface area contributed by atoms with Gasteiger partial charge in [0.1, 0.15) is 10.7 Å². The van der Waals surface area contributed by atoms with E-state index in [0.717, 1.165) is 17.0 Å². The smallest absolute Gasteiger partial charge is 0.270 e. The average molecular weight is 397 g/mol. The van der Waals surface area contributed by atoms with E-state index < -0.39 is 11.0 Å². The quantitative estimate of drug-likeness (QED) is 0.467. The first-order valence-electron chi connectivity index (χ1n) is 8.73. The first-order chi connectivity index (χ1) is 13.5. The molecule has 0 aliphatic rings. The van der Waals surface area contributed by atoms with Gasteiger partial charge in [-0.1, -0.05) is 31.2 Å². The van der Waals surface area contributed by atoms with E-state index in [4.69, 9.17) is 0 Å². The van der Waals surface area contributed by atoms with Gasteiger partial charge in [-0.2, -0.15) is 0 Å². The van der Waals surface area contributed by atoms with E-state index in [0.29, 0.717) is 5.56 Å². The number of hydrogen-bond donors (Lipinski definition) is 2. The Bertz CT molecular complexity index is 968. The van der Waals surface area contributed by atoms with Crippen LogP contribution in [-0.4, -0.2) is 27.5 Å². The minimum Gasteiger partial charge on any atom is -0.387 e. The van der Waals surface area contributed by atoms with Crippen molar-refractivity contribution in [2.24, 2.45) is 0 Å².